The van der Waals surface area contributed by atoms with Crippen molar-refractivity contribution in [2.75, 3.05) is 7.11 Å². The maximum absolute atomic E-state index is 12.3. The van der Waals surface area contributed by atoms with Crippen molar-refractivity contribution in [2.24, 2.45) is 5.73 Å². The van der Waals surface area contributed by atoms with Gasteiger partial charge in [-0.3, -0.25) is 14.2 Å². The smallest absolute Gasteiger partial charge is 0.271 e. The van der Waals surface area contributed by atoms with Gasteiger partial charge >= 0.3 is 0 Å². The summed E-state index contributed by atoms with van der Waals surface area (Å²) in [5, 5.41) is 0. The quantitative estimate of drug-likeness (QED) is 0.792. The van der Waals surface area contributed by atoms with E-state index in [1.165, 1.54) is 22.2 Å². The second-order valence-corrected chi connectivity index (χ2v) is 5.75. The fourth-order valence-electron chi connectivity index (χ4n) is 2.12. The predicted molar refractivity (Wildman–Crippen MR) is 85.1 cm³/mol. The Morgan fingerprint density at radius 1 is 1.36 bits per heavy atom. The van der Waals surface area contributed by atoms with Crippen LogP contribution in [0.2, 0.25) is 0 Å². The van der Waals surface area contributed by atoms with Crippen LogP contribution in [0.1, 0.15) is 0 Å². The van der Waals surface area contributed by atoms with Gasteiger partial charge in [0.25, 0.3) is 5.56 Å². The van der Waals surface area contributed by atoms with E-state index in [9.17, 15) is 9.59 Å². The molecule has 7 heteroatoms. The summed E-state index contributed by atoms with van der Waals surface area (Å²) < 4.78 is 6.86. The Hall–Kier alpha value is -2.67. The summed E-state index contributed by atoms with van der Waals surface area (Å²) in [7, 11) is 1.61. The van der Waals surface area contributed by atoms with Crippen molar-refractivity contribution < 1.29 is 9.53 Å². The lowest BCUT2D eigenvalue weighted by Crippen LogP contribution is -2.27. The molecule has 0 bridgehead atoms. The highest BCUT2D eigenvalue weighted by atomic mass is 32.1. The molecule has 1 aromatic carbocycles. The highest BCUT2D eigenvalue weighted by molar-refractivity contribution is 7.22. The average molecular weight is 315 g/mol. The Balaban J connectivity index is 2.07. The van der Waals surface area contributed by atoms with Crippen molar-refractivity contribution in [3.8, 4) is 16.2 Å². The Morgan fingerprint density at radius 3 is 2.73 bits per heavy atom. The highest BCUT2D eigenvalue weighted by Crippen LogP contribution is 2.31. The van der Waals surface area contributed by atoms with Gasteiger partial charge in [0.1, 0.15) is 17.0 Å². The second-order valence-electron chi connectivity index (χ2n) is 4.70. The molecule has 2 N–H and O–H groups in total. The molecular formula is C15H13N3O3S. The molecule has 112 valence electrons. The van der Waals surface area contributed by atoms with Crippen LogP contribution in [0, 0.1) is 0 Å². The number of aromatic nitrogens is 2. The molecule has 0 spiro atoms. The number of carbonyl (C=O) groups excluding carboxylic acids is 1. The number of methoxy groups -OCH3 is 1. The van der Waals surface area contributed by atoms with Gasteiger partial charge in [-0.15, -0.1) is 11.3 Å². The molecule has 3 aromatic rings. The topological polar surface area (TPSA) is 87.2 Å². The van der Waals surface area contributed by atoms with E-state index in [2.05, 4.69) is 4.98 Å². The van der Waals surface area contributed by atoms with Crippen molar-refractivity contribution >= 4 is 27.5 Å². The van der Waals surface area contributed by atoms with Crippen molar-refractivity contribution in [1.29, 1.82) is 0 Å². The number of carbonyl (C=O) groups is 1. The van der Waals surface area contributed by atoms with Gasteiger partial charge in [-0.1, -0.05) is 0 Å². The number of nitrogens with zero attached hydrogens (tertiary/aromatic N) is 2. The van der Waals surface area contributed by atoms with E-state index in [0.717, 1.165) is 16.2 Å². The number of nitrogens with two attached hydrogens (primary N) is 1. The highest BCUT2D eigenvalue weighted by Gasteiger charge is 2.11. The molecule has 3 rings (SSSR count). The average Bonchev–Trinajstić information content (AvgIpc) is 2.95. The molecule has 0 fully saturated rings. The predicted octanol–water partition coefficient (Wildman–Crippen LogP) is 1.62. The van der Waals surface area contributed by atoms with Gasteiger partial charge in [-0.2, -0.15) is 0 Å². The van der Waals surface area contributed by atoms with Crippen molar-refractivity contribution in [2.45, 2.75) is 6.54 Å². The first-order valence-electron chi connectivity index (χ1n) is 6.50. The summed E-state index contributed by atoms with van der Waals surface area (Å²) in [5.41, 5.74) is 6.46. The fourth-order valence-corrected chi connectivity index (χ4v) is 3.19. The minimum absolute atomic E-state index is 0.169. The number of thiophene rings is 1. The molecule has 0 aliphatic heterocycles. The Labute approximate surface area is 129 Å². The van der Waals surface area contributed by atoms with Crippen LogP contribution in [0.15, 0.2) is 41.5 Å². The first-order chi connectivity index (χ1) is 10.6. The van der Waals surface area contributed by atoms with Crippen LogP contribution >= 0.6 is 11.3 Å². The van der Waals surface area contributed by atoms with E-state index in [-0.39, 0.29) is 12.1 Å². The number of benzene rings is 1. The third-order valence-corrected chi connectivity index (χ3v) is 4.37. The molecule has 6 nitrogen and oxygen atoms in total. The largest absolute Gasteiger partial charge is 0.497 e. The number of ether oxygens (including phenoxy) is 1. The summed E-state index contributed by atoms with van der Waals surface area (Å²) >= 11 is 1.34. The molecule has 0 atom stereocenters. The van der Waals surface area contributed by atoms with Gasteiger partial charge < -0.3 is 10.5 Å². The van der Waals surface area contributed by atoms with Crippen LogP contribution in [0.4, 0.5) is 0 Å². The van der Waals surface area contributed by atoms with Gasteiger partial charge in [0, 0.05) is 4.88 Å². The van der Waals surface area contributed by atoms with Crippen LogP contribution in [0.3, 0.4) is 0 Å². The number of rotatable bonds is 4. The molecule has 0 saturated heterocycles. The van der Waals surface area contributed by atoms with E-state index in [4.69, 9.17) is 10.5 Å². The summed E-state index contributed by atoms with van der Waals surface area (Å²) in [5.74, 6) is 0.196. The molecule has 1 amide bonds. The molecule has 0 aliphatic carbocycles. The lowest BCUT2D eigenvalue weighted by molar-refractivity contribution is -0.118. The zero-order valence-electron chi connectivity index (χ0n) is 11.8. The summed E-state index contributed by atoms with van der Waals surface area (Å²) in [6.07, 6.45) is 1.35. The molecule has 0 aliphatic rings. The Morgan fingerprint density at radius 2 is 2.09 bits per heavy atom. The summed E-state index contributed by atoms with van der Waals surface area (Å²) in [6.45, 7) is -0.169. The molecule has 0 radical (unpaired) electrons. The van der Waals surface area contributed by atoms with Crippen molar-refractivity contribution in [3.63, 3.8) is 0 Å². The number of primary amides is 1. The van der Waals surface area contributed by atoms with E-state index < -0.39 is 5.91 Å². The van der Waals surface area contributed by atoms with E-state index in [0.29, 0.717) is 10.2 Å². The minimum atomic E-state index is -0.574. The molecule has 0 saturated carbocycles. The minimum Gasteiger partial charge on any atom is -0.497 e. The molecule has 2 aromatic heterocycles. The Kier molecular flexibility index (Phi) is 3.64. The van der Waals surface area contributed by atoms with Crippen LogP contribution in [-0.2, 0) is 11.3 Å². The monoisotopic (exact) mass is 315 g/mol. The van der Waals surface area contributed by atoms with Crippen LogP contribution < -0.4 is 16.0 Å². The van der Waals surface area contributed by atoms with Gasteiger partial charge in [-0.25, -0.2) is 4.98 Å². The first kappa shape index (κ1) is 14.3. The lowest BCUT2D eigenvalue weighted by atomic mass is 10.2. The number of hydrogen-bond acceptors (Lipinski definition) is 5. The zero-order valence-corrected chi connectivity index (χ0v) is 12.6. The maximum atomic E-state index is 12.3. The van der Waals surface area contributed by atoms with Crippen LogP contribution in [0.5, 0.6) is 5.75 Å². The van der Waals surface area contributed by atoms with Crippen molar-refractivity contribution in [1.82, 2.24) is 9.55 Å². The number of fused-ring (bicyclic) bond motifs is 1. The Bertz CT molecular complexity index is 897. The first-order valence-corrected chi connectivity index (χ1v) is 7.32. The van der Waals surface area contributed by atoms with Gasteiger partial charge in [0.2, 0.25) is 5.91 Å². The van der Waals surface area contributed by atoms with Crippen LogP contribution in [-0.4, -0.2) is 22.6 Å². The molecular weight excluding hydrogens is 302 g/mol. The number of hydrogen-bond donors (Lipinski definition) is 1. The third-order valence-electron chi connectivity index (χ3n) is 3.20. The van der Waals surface area contributed by atoms with Crippen molar-refractivity contribution in [3.05, 3.63) is 47.0 Å². The SMILES string of the molecule is COc1ccc(-c2cc3ncn(CC(N)=O)c(=O)c3s2)cc1. The normalized spacial score (nSPS) is 10.8. The number of amides is 1. The standard InChI is InChI=1S/C15H13N3O3S/c1-21-10-4-2-9(3-5-10)12-6-11-14(22-12)15(20)18(8-17-11)7-13(16)19/h2-6,8H,7H2,1H3,(H2,16,19). The molecule has 2 heterocycles. The van der Waals surface area contributed by atoms with E-state index >= 15 is 0 Å². The van der Waals surface area contributed by atoms with Gasteiger partial charge in [0.05, 0.1) is 19.0 Å². The van der Waals surface area contributed by atoms with Crippen LogP contribution in [0.25, 0.3) is 20.7 Å². The lowest BCUT2D eigenvalue weighted by Gasteiger charge is -2.00. The fraction of sp³-hybridized carbons (Fsp3) is 0.133. The zero-order chi connectivity index (χ0) is 15.7. The molecule has 22 heavy (non-hydrogen) atoms. The van der Waals surface area contributed by atoms with Gasteiger partial charge in [0.15, 0.2) is 0 Å². The summed E-state index contributed by atoms with van der Waals surface area (Å²) in [6, 6.07) is 9.42. The third kappa shape index (κ3) is 2.58. The van der Waals surface area contributed by atoms with E-state index in [1.54, 1.807) is 7.11 Å². The second kappa shape index (κ2) is 5.61. The van der Waals surface area contributed by atoms with E-state index in [1.807, 2.05) is 30.3 Å². The molecule has 0 unspecified atom stereocenters. The van der Waals surface area contributed by atoms with Gasteiger partial charge in [-0.05, 0) is 35.9 Å². The maximum Gasteiger partial charge on any atom is 0.271 e. The summed E-state index contributed by atoms with van der Waals surface area (Å²) in [4.78, 5) is 28.4.